The molecule has 1 aliphatic rings. The molecule has 7 nitrogen and oxygen atoms in total. The van der Waals surface area contributed by atoms with Crippen LogP contribution in [0.4, 0.5) is 17.2 Å². The molecule has 1 aliphatic heterocycles. The molecule has 4 rings (SSSR count). The lowest BCUT2D eigenvalue weighted by Gasteiger charge is -2.23. The number of fused-ring (bicyclic) bond motifs is 1. The first-order valence-electron chi connectivity index (χ1n) is 7.88. The monoisotopic (exact) mass is 342 g/mol. The van der Waals surface area contributed by atoms with E-state index in [1.54, 1.807) is 6.33 Å². The highest BCUT2D eigenvalue weighted by atomic mass is 32.1. The van der Waals surface area contributed by atoms with Crippen LogP contribution in [0.15, 0.2) is 35.7 Å². The average molecular weight is 342 g/mol. The van der Waals surface area contributed by atoms with Crippen molar-refractivity contribution in [3.8, 4) is 0 Å². The number of thiol groups is 1. The molecule has 0 radical (unpaired) electrons. The van der Waals surface area contributed by atoms with Gasteiger partial charge in [0.2, 0.25) is 0 Å². The minimum atomic E-state index is -0.0317. The zero-order valence-electron chi connectivity index (χ0n) is 13.0. The predicted molar refractivity (Wildman–Crippen MR) is 95.6 cm³/mol. The smallest absolute Gasteiger partial charge is 0.188 e. The molecule has 1 saturated heterocycles. The van der Waals surface area contributed by atoms with E-state index in [0.29, 0.717) is 22.2 Å². The number of nitrogens with zero attached hydrogens (tertiary/aromatic N) is 4. The Kier molecular flexibility index (Phi) is 3.99. The lowest BCUT2D eigenvalue weighted by molar-refractivity contribution is -0.0298. The molecule has 1 aromatic carbocycles. The lowest BCUT2D eigenvalue weighted by atomic mass is 10.2. The number of hydrogen-bond acceptors (Lipinski definition) is 7. The Balaban J connectivity index is 1.73. The fraction of sp³-hybridized carbons (Fsp3) is 0.312. The van der Waals surface area contributed by atoms with Crippen molar-refractivity contribution in [1.82, 2.24) is 19.5 Å². The zero-order valence-corrected chi connectivity index (χ0v) is 13.9. The number of aromatic nitrogens is 4. The van der Waals surface area contributed by atoms with E-state index in [1.165, 1.54) is 0 Å². The van der Waals surface area contributed by atoms with Crippen LogP contribution in [0, 0.1) is 0 Å². The van der Waals surface area contributed by atoms with Crippen LogP contribution in [0.1, 0.15) is 25.5 Å². The van der Waals surface area contributed by atoms with Crippen molar-refractivity contribution in [1.29, 1.82) is 0 Å². The summed E-state index contributed by atoms with van der Waals surface area (Å²) in [4.78, 5) is 13.3. The summed E-state index contributed by atoms with van der Waals surface area (Å²) >= 11 is 4.33. The molecule has 3 aromatic rings. The summed E-state index contributed by atoms with van der Waals surface area (Å²) in [5.74, 6) is 0.615. The maximum Gasteiger partial charge on any atom is 0.188 e. The van der Waals surface area contributed by atoms with Gasteiger partial charge in [0.25, 0.3) is 0 Å². The molecule has 3 heterocycles. The molecule has 0 spiro atoms. The summed E-state index contributed by atoms with van der Waals surface area (Å²) in [6.45, 7) is 0.764. The van der Waals surface area contributed by atoms with E-state index in [4.69, 9.17) is 10.5 Å². The minimum absolute atomic E-state index is 0.0317. The number of hydrogen-bond donors (Lipinski definition) is 3. The third kappa shape index (κ3) is 2.90. The Morgan fingerprint density at radius 1 is 1.21 bits per heavy atom. The number of nitrogens with two attached hydrogens (primary N) is 1. The van der Waals surface area contributed by atoms with Crippen molar-refractivity contribution in [2.75, 3.05) is 17.7 Å². The van der Waals surface area contributed by atoms with Crippen LogP contribution >= 0.6 is 12.6 Å². The molecule has 8 heteroatoms. The minimum Gasteiger partial charge on any atom is -0.399 e. The van der Waals surface area contributed by atoms with Crippen molar-refractivity contribution < 1.29 is 4.74 Å². The summed E-state index contributed by atoms with van der Waals surface area (Å²) < 4.78 is 7.81. The van der Waals surface area contributed by atoms with E-state index in [1.807, 2.05) is 28.8 Å². The first-order valence-corrected chi connectivity index (χ1v) is 8.33. The summed E-state index contributed by atoms with van der Waals surface area (Å²) in [6, 6.07) is 7.44. The summed E-state index contributed by atoms with van der Waals surface area (Å²) in [5, 5.41) is 3.65. The van der Waals surface area contributed by atoms with Gasteiger partial charge in [0, 0.05) is 18.0 Å². The molecular weight excluding hydrogens is 324 g/mol. The zero-order chi connectivity index (χ0) is 16.5. The van der Waals surface area contributed by atoms with Crippen molar-refractivity contribution >= 4 is 41.0 Å². The highest BCUT2D eigenvalue weighted by Gasteiger charge is 2.20. The molecule has 1 fully saturated rings. The number of rotatable bonds is 3. The fourth-order valence-corrected chi connectivity index (χ4v) is 3.04. The number of imidazole rings is 1. The summed E-state index contributed by atoms with van der Waals surface area (Å²) in [6.07, 6.45) is 4.92. The Bertz CT molecular complexity index is 857. The summed E-state index contributed by atoms with van der Waals surface area (Å²) in [7, 11) is 0. The molecular formula is C16H18N6OS. The molecule has 124 valence electrons. The Morgan fingerprint density at radius 3 is 2.79 bits per heavy atom. The van der Waals surface area contributed by atoms with Gasteiger partial charge >= 0.3 is 0 Å². The molecule has 0 amide bonds. The number of nitrogen functional groups attached to an aromatic ring is 1. The van der Waals surface area contributed by atoms with Crippen LogP contribution in [0.3, 0.4) is 0 Å². The van der Waals surface area contributed by atoms with Crippen molar-refractivity contribution in [2.45, 2.75) is 30.6 Å². The van der Waals surface area contributed by atoms with Crippen LogP contribution in [-0.4, -0.2) is 26.1 Å². The maximum absolute atomic E-state index is 5.84. The van der Waals surface area contributed by atoms with Gasteiger partial charge in [0.15, 0.2) is 22.1 Å². The van der Waals surface area contributed by atoms with Crippen LogP contribution in [0.25, 0.3) is 11.2 Å². The van der Waals surface area contributed by atoms with Crippen LogP contribution in [0.2, 0.25) is 0 Å². The largest absolute Gasteiger partial charge is 0.399 e. The fourth-order valence-electron chi connectivity index (χ4n) is 2.85. The van der Waals surface area contributed by atoms with E-state index >= 15 is 0 Å². The third-order valence-corrected chi connectivity index (χ3v) is 4.25. The second-order valence-electron chi connectivity index (χ2n) is 5.76. The molecule has 2 aromatic heterocycles. The topological polar surface area (TPSA) is 90.9 Å². The molecule has 0 aliphatic carbocycles. The Hall–Kier alpha value is -2.32. The van der Waals surface area contributed by atoms with E-state index in [-0.39, 0.29) is 6.23 Å². The first-order chi connectivity index (χ1) is 11.7. The molecule has 0 bridgehead atoms. The van der Waals surface area contributed by atoms with Gasteiger partial charge in [-0.15, -0.1) is 12.6 Å². The van der Waals surface area contributed by atoms with Crippen molar-refractivity contribution in [3.05, 3.63) is 30.6 Å². The maximum atomic E-state index is 5.84. The van der Waals surface area contributed by atoms with E-state index in [9.17, 15) is 0 Å². The van der Waals surface area contributed by atoms with Gasteiger partial charge in [0.05, 0.1) is 6.33 Å². The van der Waals surface area contributed by atoms with Crippen LogP contribution in [0.5, 0.6) is 0 Å². The molecule has 0 saturated carbocycles. The number of benzene rings is 1. The van der Waals surface area contributed by atoms with Gasteiger partial charge < -0.3 is 15.8 Å². The van der Waals surface area contributed by atoms with Crippen molar-refractivity contribution in [3.63, 3.8) is 0 Å². The molecule has 1 unspecified atom stereocenters. The normalized spacial score (nSPS) is 18.0. The standard InChI is InChI=1S/C16H18N6OS/c17-10-4-6-11(7-5-10)19-14-13-15(21-16(24)20-14)22(9-18-13)12-3-1-2-8-23-12/h4-7,9,12H,1-3,8,17H2,(H2,19,20,21,24). The molecule has 1 atom stereocenters. The second kappa shape index (κ2) is 6.29. The van der Waals surface area contributed by atoms with Gasteiger partial charge in [0.1, 0.15) is 6.23 Å². The summed E-state index contributed by atoms with van der Waals surface area (Å²) in [5.41, 5.74) is 8.73. The number of anilines is 3. The van der Waals surface area contributed by atoms with Crippen molar-refractivity contribution in [2.24, 2.45) is 0 Å². The van der Waals surface area contributed by atoms with Gasteiger partial charge in [-0.2, -0.15) is 0 Å². The Labute approximate surface area is 144 Å². The Morgan fingerprint density at radius 2 is 2.04 bits per heavy atom. The molecule has 24 heavy (non-hydrogen) atoms. The van der Waals surface area contributed by atoms with Gasteiger partial charge in [-0.3, -0.25) is 4.57 Å². The quantitative estimate of drug-likeness (QED) is 0.385. The first kappa shape index (κ1) is 15.2. The van der Waals surface area contributed by atoms with E-state index in [0.717, 1.165) is 37.2 Å². The van der Waals surface area contributed by atoms with Gasteiger partial charge in [-0.25, -0.2) is 15.0 Å². The van der Waals surface area contributed by atoms with Crippen LogP contribution in [-0.2, 0) is 4.74 Å². The predicted octanol–water partition coefficient (Wildman–Crippen LogP) is 3.14. The SMILES string of the molecule is Nc1ccc(Nc2nc(S)nc3c2ncn3C2CCCCO2)cc1. The average Bonchev–Trinajstić information content (AvgIpc) is 3.01. The van der Waals surface area contributed by atoms with Gasteiger partial charge in [-0.05, 0) is 43.5 Å². The molecule has 3 N–H and O–H groups in total. The number of ether oxygens (including phenoxy) is 1. The van der Waals surface area contributed by atoms with E-state index < -0.39 is 0 Å². The highest BCUT2D eigenvalue weighted by molar-refractivity contribution is 7.80. The number of nitrogens with one attached hydrogen (secondary N) is 1. The lowest BCUT2D eigenvalue weighted by Crippen LogP contribution is -2.17. The van der Waals surface area contributed by atoms with Gasteiger partial charge in [-0.1, -0.05) is 0 Å². The van der Waals surface area contributed by atoms with E-state index in [2.05, 4.69) is 32.9 Å². The van der Waals surface area contributed by atoms with Crippen LogP contribution < -0.4 is 11.1 Å². The highest BCUT2D eigenvalue weighted by Crippen LogP contribution is 2.29. The second-order valence-corrected chi connectivity index (χ2v) is 6.16. The third-order valence-electron chi connectivity index (χ3n) is 4.05.